The average molecular weight is 204 g/mol. The molecule has 1 nitrogen and oxygen atoms in total. The summed E-state index contributed by atoms with van der Waals surface area (Å²) in [6.45, 7) is 4.18. The Morgan fingerprint density at radius 3 is 2.33 bits per heavy atom. The second-order valence-electron chi connectivity index (χ2n) is 4.89. The van der Waals surface area contributed by atoms with Crippen LogP contribution in [0.3, 0.4) is 0 Å². The molecule has 0 saturated heterocycles. The van der Waals surface area contributed by atoms with Crippen molar-refractivity contribution in [2.45, 2.75) is 45.1 Å². The lowest BCUT2D eigenvalue weighted by atomic mass is 9.87. The molecule has 0 radical (unpaired) electrons. The van der Waals surface area contributed by atoms with Crippen molar-refractivity contribution in [3.63, 3.8) is 0 Å². The van der Waals surface area contributed by atoms with Crippen LogP contribution in [0.4, 0.5) is 0 Å². The van der Waals surface area contributed by atoms with E-state index in [1.54, 1.807) is 0 Å². The van der Waals surface area contributed by atoms with Gasteiger partial charge in [-0.15, -0.1) is 0 Å². The molecule has 1 aromatic carbocycles. The summed E-state index contributed by atoms with van der Waals surface area (Å²) in [5.74, 6) is 0.545. The summed E-state index contributed by atoms with van der Waals surface area (Å²) in [5.41, 5.74) is 2.09. The lowest BCUT2D eigenvalue weighted by Crippen LogP contribution is -2.33. The van der Waals surface area contributed by atoms with E-state index in [9.17, 15) is 5.11 Å². The zero-order valence-corrected chi connectivity index (χ0v) is 9.66. The molecule has 0 amide bonds. The molecule has 1 fully saturated rings. The molecule has 1 unspecified atom stereocenters. The van der Waals surface area contributed by atoms with E-state index >= 15 is 0 Å². The van der Waals surface area contributed by atoms with Crippen LogP contribution in [0.1, 0.15) is 37.3 Å². The fourth-order valence-corrected chi connectivity index (χ4v) is 2.24. The van der Waals surface area contributed by atoms with Crippen LogP contribution in [0.2, 0.25) is 0 Å². The highest BCUT2D eigenvalue weighted by molar-refractivity contribution is 5.23. The van der Waals surface area contributed by atoms with Crippen molar-refractivity contribution in [3.05, 3.63) is 35.4 Å². The SMILES string of the molecule is CCC(O)(Cc1ccc(C)cc1)C1CC1. The largest absolute Gasteiger partial charge is 0.389 e. The maximum absolute atomic E-state index is 10.5. The van der Waals surface area contributed by atoms with Gasteiger partial charge >= 0.3 is 0 Å². The molecule has 15 heavy (non-hydrogen) atoms. The fourth-order valence-electron chi connectivity index (χ4n) is 2.24. The third-order valence-corrected chi connectivity index (χ3v) is 3.58. The highest BCUT2D eigenvalue weighted by Crippen LogP contribution is 2.43. The number of hydrogen-bond donors (Lipinski definition) is 1. The van der Waals surface area contributed by atoms with Crippen molar-refractivity contribution in [2.24, 2.45) is 5.92 Å². The van der Waals surface area contributed by atoms with Crippen molar-refractivity contribution in [2.75, 3.05) is 0 Å². The molecule has 0 bridgehead atoms. The number of hydrogen-bond acceptors (Lipinski definition) is 1. The first-order valence-corrected chi connectivity index (χ1v) is 5.92. The number of benzene rings is 1. The molecule has 0 aromatic heterocycles. The van der Waals surface area contributed by atoms with Gasteiger partial charge in [0, 0.05) is 6.42 Å². The second-order valence-corrected chi connectivity index (χ2v) is 4.89. The molecule has 1 aliphatic carbocycles. The summed E-state index contributed by atoms with van der Waals surface area (Å²) in [7, 11) is 0. The van der Waals surface area contributed by atoms with E-state index in [0.717, 1.165) is 12.8 Å². The van der Waals surface area contributed by atoms with Gasteiger partial charge in [-0.25, -0.2) is 0 Å². The van der Waals surface area contributed by atoms with Crippen molar-refractivity contribution < 1.29 is 5.11 Å². The highest BCUT2D eigenvalue weighted by Gasteiger charge is 2.42. The van der Waals surface area contributed by atoms with E-state index < -0.39 is 5.60 Å². The van der Waals surface area contributed by atoms with Crippen LogP contribution in [0.5, 0.6) is 0 Å². The Labute approximate surface area is 92.1 Å². The Hall–Kier alpha value is -0.820. The van der Waals surface area contributed by atoms with Crippen LogP contribution in [-0.4, -0.2) is 10.7 Å². The molecule has 0 heterocycles. The monoisotopic (exact) mass is 204 g/mol. The Balaban J connectivity index is 2.09. The maximum atomic E-state index is 10.5. The molecule has 1 saturated carbocycles. The van der Waals surface area contributed by atoms with Crippen molar-refractivity contribution in [3.8, 4) is 0 Å². The van der Waals surface area contributed by atoms with E-state index in [0.29, 0.717) is 5.92 Å². The van der Waals surface area contributed by atoms with E-state index in [2.05, 4.69) is 38.1 Å². The van der Waals surface area contributed by atoms with Crippen LogP contribution < -0.4 is 0 Å². The number of rotatable bonds is 4. The third kappa shape index (κ3) is 2.40. The van der Waals surface area contributed by atoms with Gasteiger partial charge in [0.25, 0.3) is 0 Å². The smallest absolute Gasteiger partial charge is 0.0713 e. The summed E-state index contributed by atoms with van der Waals surface area (Å²) in [5, 5.41) is 10.5. The van der Waals surface area contributed by atoms with Crippen molar-refractivity contribution in [1.29, 1.82) is 0 Å². The summed E-state index contributed by atoms with van der Waals surface area (Å²) in [6, 6.07) is 8.52. The lowest BCUT2D eigenvalue weighted by Gasteiger charge is -2.26. The molecule has 82 valence electrons. The molecule has 2 rings (SSSR count). The van der Waals surface area contributed by atoms with Gasteiger partial charge in [0.2, 0.25) is 0 Å². The molecule has 1 atom stereocenters. The van der Waals surface area contributed by atoms with Crippen LogP contribution in [0.25, 0.3) is 0 Å². The van der Waals surface area contributed by atoms with E-state index in [1.165, 1.54) is 24.0 Å². The van der Waals surface area contributed by atoms with Crippen molar-refractivity contribution >= 4 is 0 Å². The minimum atomic E-state index is -0.449. The number of aryl methyl sites for hydroxylation is 1. The van der Waals surface area contributed by atoms with Gasteiger partial charge in [0.1, 0.15) is 0 Å². The zero-order valence-electron chi connectivity index (χ0n) is 9.66. The average Bonchev–Trinajstić information content (AvgIpc) is 3.05. The summed E-state index contributed by atoms with van der Waals surface area (Å²) in [6.07, 6.45) is 4.09. The molecule has 0 spiro atoms. The molecular formula is C14H20O. The van der Waals surface area contributed by atoms with Gasteiger partial charge in [-0.2, -0.15) is 0 Å². The zero-order chi connectivity index (χ0) is 10.9. The van der Waals surface area contributed by atoms with Gasteiger partial charge in [0.05, 0.1) is 5.60 Å². The quantitative estimate of drug-likeness (QED) is 0.799. The van der Waals surface area contributed by atoms with Crippen molar-refractivity contribution in [1.82, 2.24) is 0 Å². The Kier molecular flexibility index (Phi) is 2.83. The van der Waals surface area contributed by atoms with Crippen LogP contribution in [-0.2, 0) is 6.42 Å². The molecule has 1 aliphatic rings. The number of aliphatic hydroxyl groups is 1. The second kappa shape index (κ2) is 3.97. The predicted octanol–water partition coefficient (Wildman–Crippen LogP) is 3.09. The highest BCUT2D eigenvalue weighted by atomic mass is 16.3. The Morgan fingerprint density at radius 2 is 1.87 bits per heavy atom. The topological polar surface area (TPSA) is 20.2 Å². The lowest BCUT2D eigenvalue weighted by molar-refractivity contribution is 0.0139. The molecule has 1 N–H and O–H groups in total. The summed E-state index contributed by atoms with van der Waals surface area (Å²) >= 11 is 0. The summed E-state index contributed by atoms with van der Waals surface area (Å²) in [4.78, 5) is 0. The Bertz CT molecular complexity index is 324. The predicted molar refractivity (Wildman–Crippen MR) is 62.8 cm³/mol. The third-order valence-electron chi connectivity index (χ3n) is 3.58. The maximum Gasteiger partial charge on any atom is 0.0713 e. The van der Waals surface area contributed by atoms with Crippen LogP contribution in [0.15, 0.2) is 24.3 Å². The first-order chi connectivity index (χ1) is 7.14. The first-order valence-electron chi connectivity index (χ1n) is 5.92. The standard InChI is InChI=1S/C14H20O/c1-3-14(15,13-8-9-13)10-12-6-4-11(2)5-7-12/h4-7,13,15H,3,8-10H2,1-2H3. The molecular weight excluding hydrogens is 184 g/mol. The Morgan fingerprint density at radius 1 is 1.27 bits per heavy atom. The molecule has 1 heteroatoms. The minimum absolute atomic E-state index is 0.449. The minimum Gasteiger partial charge on any atom is -0.389 e. The van der Waals surface area contributed by atoms with Gasteiger partial charge in [-0.3, -0.25) is 0 Å². The normalized spacial score (nSPS) is 19.9. The van der Waals surface area contributed by atoms with Gasteiger partial charge < -0.3 is 5.11 Å². The first kappa shape index (κ1) is 10.7. The van der Waals surface area contributed by atoms with Crippen LogP contribution in [0, 0.1) is 12.8 Å². The van der Waals surface area contributed by atoms with Gasteiger partial charge in [-0.05, 0) is 37.7 Å². The van der Waals surface area contributed by atoms with E-state index in [1.807, 2.05) is 0 Å². The van der Waals surface area contributed by atoms with E-state index in [4.69, 9.17) is 0 Å². The fraction of sp³-hybridized carbons (Fsp3) is 0.571. The molecule has 1 aromatic rings. The van der Waals surface area contributed by atoms with Gasteiger partial charge in [-0.1, -0.05) is 36.8 Å². The van der Waals surface area contributed by atoms with Crippen LogP contribution >= 0.6 is 0 Å². The van der Waals surface area contributed by atoms with E-state index in [-0.39, 0.29) is 0 Å². The summed E-state index contributed by atoms with van der Waals surface area (Å²) < 4.78 is 0. The van der Waals surface area contributed by atoms with Gasteiger partial charge in [0.15, 0.2) is 0 Å². The molecule has 0 aliphatic heterocycles.